The number of nitrogens with zero attached hydrogens (tertiary/aromatic N) is 3. The Morgan fingerprint density at radius 3 is 2.89 bits per heavy atom. The van der Waals surface area contributed by atoms with Crippen LogP contribution >= 0.6 is 22.9 Å². The molecule has 0 bridgehead atoms. The van der Waals surface area contributed by atoms with Crippen LogP contribution in [-0.4, -0.2) is 31.3 Å². The van der Waals surface area contributed by atoms with Crippen LogP contribution in [0.15, 0.2) is 17.2 Å². The summed E-state index contributed by atoms with van der Waals surface area (Å²) in [6.45, 7) is 3.15. The summed E-state index contributed by atoms with van der Waals surface area (Å²) >= 11 is 7.54. The van der Waals surface area contributed by atoms with Gasteiger partial charge in [0.1, 0.15) is 5.69 Å². The lowest BCUT2D eigenvalue weighted by molar-refractivity contribution is 0.122. The molecule has 0 spiro atoms. The minimum Gasteiger partial charge on any atom is -0.378 e. The van der Waals surface area contributed by atoms with E-state index in [2.05, 4.69) is 15.0 Å². The highest BCUT2D eigenvalue weighted by molar-refractivity contribution is 7.22. The van der Waals surface area contributed by atoms with E-state index in [1.165, 1.54) is 0 Å². The van der Waals surface area contributed by atoms with E-state index >= 15 is 0 Å². The lowest BCUT2D eigenvalue weighted by Crippen LogP contribution is -2.36. The molecule has 3 rings (SSSR count). The van der Waals surface area contributed by atoms with Gasteiger partial charge in [0.25, 0.3) is 0 Å². The third-order valence-corrected chi connectivity index (χ3v) is 4.20. The summed E-state index contributed by atoms with van der Waals surface area (Å²) < 4.78 is 6.24. The Kier molecular flexibility index (Phi) is 3.15. The van der Waals surface area contributed by atoms with E-state index in [1.807, 2.05) is 6.07 Å². The van der Waals surface area contributed by atoms with Crippen molar-refractivity contribution in [3.8, 4) is 0 Å². The lowest BCUT2D eigenvalue weighted by atomic mass is 10.3. The number of ether oxygens (including phenoxy) is 1. The summed E-state index contributed by atoms with van der Waals surface area (Å²) in [5.74, 6) is 0. The molecule has 1 fully saturated rings. The summed E-state index contributed by atoms with van der Waals surface area (Å²) in [5.41, 5.74) is 8.57. The number of hydrogen-bond donors (Lipinski definition) is 1. The van der Waals surface area contributed by atoms with Crippen LogP contribution in [0.1, 0.15) is 0 Å². The lowest BCUT2D eigenvalue weighted by Gasteiger charge is -2.25. The SMILES string of the molecule is N=Nc1cc(Cl)cc2nc(N3CCOCC3)sc12. The van der Waals surface area contributed by atoms with Crippen molar-refractivity contribution in [3.63, 3.8) is 0 Å². The van der Waals surface area contributed by atoms with Crippen molar-refractivity contribution in [1.82, 2.24) is 4.98 Å². The molecule has 0 unspecified atom stereocenters. The Hall–Kier alpha value is -1.24. The molecule has 1 aromatic heterocycles. The van der Waals surface area contributed by atoms with Crippen molar-refractivity contribution in [1.29, 1.82) is 5.53 Å². The summed E-state index contributed by atoms with van der Waals surface area (Å²) in [6, 6.07) is 3.50. The molecule has 0 aliphatic carbocycles. The van der Waals surface area contributed by atoms with Gasteiger partial charge in [0.05, 0.1) is 23.4 Å². The van der Waals surface area contributed by atoms with Gasteiger partial charge in [0.2, 0.25) is 0 Å². The summed E-state index contributed by atoms with van der Waals surface area (Å²) in [5, 5.41) is 5.02. The average Bonchev–Trinajstić information content (AvgIpc) is 2.82. The first-order chi connectivity index (χ1) is 8.78. The Labute approximate surface area is 113 Å². The molecule has 1 N–H and O–H groups in total. The van der Waals surface area contributed by atoms with Crippen molar-refractivity contribution in [2.24, 2.45) is 5.11 Å². The number of benzene rings is 1. The molecule has 2 heterocycles. The minimum absolute atomic E-state index is 0.562. The highest BCUT2D eigenvalue weighted by Gasteiger charge is 2.17. The zero-order valence-corrected chi connectivity index (χ0v) is 11.1. The van der Waals surface area contributed by atoms with Gasteiger partial charge in [0, 0.05) is 18.1 Å². The average molecular weight is 283 g/mol. The topological polar surface area (TPSA) is 61.6 Å². The van der Waals surface area contributed by atoms with Crippen molar-refractivity contribution in [2.45, 2.75) is 0 Å². The fraction of sp³-hybridized carbons (Fsp3) is 0.364. The number of nitrogens with one attached hydrogen (secondary N) is 1. The molecule has 18 heavy (non-hydrogen) atoms. The molecule has 94 valence electrons. The summed E-state index contributed by atoms with van der Waals surface area (Å²) in [6.07, 6.45) is 0. The first-order valence-corrected chi connectivity index (χ1v) is 6.77. The minimum atomic E-state index is 0.562. The third kappa shape index (κ3) is 2.07. The smallest absolute Gasteiger partial charge is 0.186 e. The van der Waals surface area contributed by atoms with Gasteiger partial charge in [-0.15, -0.1) is 0 Å². The molecule has 0 atom stereocenters. The second-order valence-electron chi connectivity index (χ2n) is 3.98. The van der Waals surface area contributed by atoms with Crippen molar-refractivity contribution in [3.05, 3.63) is 17.2 Å². The Bertz CT molecular complexity index is 594. The van der Waals surface area contributed by atoms with Crippen LogP contribution in [-0.2, 0) is 4.74 Å². The monoisotopic (exact) mass is 282 g/mol. The van der Waals surface area contributed by atoms with Gasteiger partial charge in [0.15, 0.2) is 5.13 Å². The molecule has 0 amide bonds. The Morgan fingerprint density at radius 2 is 2.17 bits per heavy atom. The highest BCUT2D eigenvalue weighted by atomic mass is 35.5. The quantitative estimate of drug-likeness (QED) is 0.858. The molecule has 7 heteroatoms. The summed E-state index contributed by atoms with van der Waals surface area (Å²) in [4.78, 5) is 6.76. The predicted molar refractivity (Wildman–Crippen MR) is 72.5 cm³/mol. The van der Waals surface area contributed by atoms with Crippen LogP contribution in [0, 0.1) is 5.53 Å². The zero-order valence-electron chi connectivity index (χ0n) is 9.52. The van der Waals surface area contributed by atoms with E-state index < -0.39 is 0 Å². The molecule has 0 saturated carbocycles. The van der Waals surface area contributed by atoms with Crippen LogP contribution in [0.3, 0.4) is 0 Å². The Balaban J connectivity index is 2.06. The van der Waals surface area contributed by atoms with E-state index in [4.69, 9.17) is 21.9 Å². The van der Waals surface area contributed by atoms with E-state index in [1.54, 1.807) is 17.4 Å². The number of halogens is 1. The second-order valence-corrected chi connectivity index (χ2v) is 5.39. The number of thiazole rings is 1. The van der Waals surface area contributed by atoms with Gasteiger partial charge >= 0.3 is 0 Å². The molecule has 0 radical (unpaired) electrons. The zero-order chi connectivity index (χ0) is 12.5. The van der Waals surface area contributed by atoms with Gasteiger partial charge < -0.3 is 9.64 Å². The molecule has 1 saturated heterocycles. The molecule has 1 aliphatic heterocycles. The fourth-order valence-electron chi connectivity index (χ4n) is 1.94. The standard InChI is InChI=1S/C11H11ClN4OS/c12-7-5-8-10(9(6-7)15-13)18-11(14-8)16-1-3-17-4-2-16/h5-6,13H,1-4H2. The van der Waals surface area contributed by atoms with Gasteiger partial charge in [-0.2, -0.15) is 5.11 Å². The van der Waals surface area contributed by atoms with E-state index in [0.29, 0.717) is 10.7 Å². The fourth-order valence-corrected chi connectivity index (χ4v) is 3.21. The Morgan fingerprint density at radius 1 is 1.39 bits per heavy atom. The number of anilines is 1. The molecular weight excluding hydrogens is 272 g/mol. The third-order valence-electron chi connectivity index (χ3n) is 2.83. The first-order valence-electron chi connectivity index (χ1n) is 5.58. The number of rotatable bonds is 2. The van der Waals surface area contributed by atoms with Crippen molar-refractivity contribution in [2.75, 3.05) is 31.2 Å². The van der Waals surface area contributed by atoms with Crippen LogP contribution in [0.25, 0.3) is 10.2 Å². The van der Waals surface area contributed by atoms with Crippen LogP contribution in [0.4, 0.5) is 10.8 Å². The molecule has 1 aromatic carbocycles. The largest absolute Gasteiger partial charge is 0.378 e. The van der Waals surface area contributed by atoms with Crippen molar-refractivity contribution >= 4 is 44.0 Å². The first kappa shape index (κ1) is 11.8. The van der Waals surface area contributed by atoms with E-state index in [9.17, 15) is 0 Å². The van der Waals surface area contributed by atoms with Crippen LogP contribution in [0.5, 0.6) is 0 Å². The van der Waals surface area contributed by atoms with E-state index in [-0.39, 0.29) is 0 Å². The number of morpholine rings is 1. The predicted octanol–water partition coefficient (Wildman–Crippen LogP) is 3.45. The normalized spacial score (nSPS) is 16.2. The van der Waals surface area contributed by atoms with Crippen LogP contribution in [0.2, 0.25) is 5.02 Å². The van der Waals surface area contributed by atoms with E-state index in [0.717, 1.165) is 41.7 Å². The van der Waals surface area contributed by atoms with Gasteiger partial charge in [-0.3, -0.25) is 0 Å². The van der Waals surface area contributed by atoms with Gasteiger partial charge in [-0.1, -0.05) is 22.9 Å². The van der Waals surface area contributed by atoms with Gasteiger partial charge in [-0.25, -0.2) is 10.5 Å². The highest BCUT2D eigenvalue weighted by Crippen LogP contribution is 2.37. The van der Waals surface area contributed by atoms with Crippen molar-refractivity contribution < 1.29 is 4.74 Å². The second kappa shape index (κ2) is 4.79. The molecule has 1 aliphatic rings. The maximum atomic E-state index is 7.19. The number of fused-ring (bicyclic) bond motifs is 1. The maximum absolute atomic E-state index is 7.19. The van der Waals surface area contributed by atoms with Crippen LogP contribution < -0.4 is 4.90 Å². The number of hydrogen-bond acceptors (Lipinski definition) is 6. The molecular formula is C11H11ClN4OS. The van der Waals surface area contributed by atoms with Gasteiger partial charge in [-0.05, 0) is 12.1 Å². The molecule has 5 nitrogen and oxygen atoms in total. The molecule has 2 aromatic rings. The number of aromatic nitrogens is 1. The maximum Gasteiger partial charge on any atom is 0.186 e. The summed E-state index contributed by atoms with van der Waals surface area (Å²) in [7, 11) is 0.